The van der Waals surface area contributed by atoms with E-state index in [9.17, 15) is 0 Å². The molecular weight excluding hydrogens is 318 g/mol. The van der Waals surface area contributed by atoms with E-state index in [0.717, 1.165) is 32.3 Å². The van der Waals surface area contributed by atoms with Gasteiger partial charge in [-0.2, -0.15) is 0 Å². The Labute approximate surface area is 132 Å². The van der Waals surface area contributed by atoms with Gasteiger partial charge in [0, 0.05) is 6.04 Å². The van der Waals surface area contributed by atoms with Gasteiger partial charge >= 0.3 is 8.80 Å². The first-order valence-corrected chi connectivity index (χ1v) is 9.19. The maximum Gasteiger partial charge on any atom is 0.501 e. The van der Waals surface area contributed by atoms with Crippen molar-refractivity contribution in [2.24, 2.45) is 5.73 Å². The fourth-order valence-electron chi connectivity index (χ4n) is 1.81. The maximum absolute atomic E-state index is 6.01. The largest absolute Gasteiger partial charge is 0.501 e. The number of ether oxygens (including phenoxy) is 3. The van der Waals surface area contributed by atoms with Crippen molar-refractivity contribution < 1.29 is 27.5 Å². The minimum absolute atomic E-state index is 0. The summed E-state index contributed by atoms with van der Waals surface area (Å²) < 4.78 is 33.6. The van der Waals surface area contributed by atoms with Gasteiger partial charge in [0.05, 0.1) is 39.6 Å². The van der Waals surface area contributed by atoms with Crippen LogP contribution in [0.15, 0.2) is 0 Å². The zero-order valence-electron chi connectivity index (χ0n) is 12.0. The Morgan fingerprint density at radius 2 is 1.24 bits per heavy atom. The molecule has 0 aromatic heterocycles. The van der Waals surface area contributed by atoms with E-state index in [1.165, 1.54) is 0 Å². The molecule has 0 aliphatic carbocycles. The highest BCUT2D eigenvalue weighted by molar-refractivity contribution is 6.60. The van der Waals surface area contributed by atoms with E-state index in [1.807, 2.05) is 0 Å². The molecule has 3 heterocycles. The van der Waals surface area contributed by atoms with E-state index in [1.54, 1.807) is 0 Å². The number of rotatable bonds is 12. The molecule has 21 heavy (non-hydrogen) atoms. The molecule has 3 atom stereocenters. The third-order valence-corrected chi connectivity index (χ3v) is 6.15. The van der Waals surface area contributed by atoms with Crippen molar-refractivity contribution in [3.05, 3.63) is 0 Å². The number of epoxide rings is 3. The van der Waals surface area contributed by atoms with Crippen LogP contribution in [-0.2, 0) is 27.5 Å². The normalized spacial score (nSPS) is 32.1. The van der Waals surface area contributed by atoms with Gasteiger partial charge in [-0.3, -0.25) is 0 Å². The molecule has 0 radical (unpaired) electrons. The molecule has 3 saturated heterocycles. The topological polar surface area (TPSA) is 91.3 Å². The summed E-state index contributed by atoms with van der Waals surface area (Å²) in [5.74, 6) is 0. The molecule has 3 unspecified atom stereocenters. The minimum atomic E-state index is -2.70. The van der Waals surface area contributed by atoms with Gasteiger partial charge in [-0.05, 0) is 13.0 Å². The van der Waals surface area contributed by atoms with E-state index >= 15 is 0 Å². The van der Waals surface area contributed by atoms with Crippen LogP contribution in [-0.4, -0.2) is 73.3 Å². The summed E-state index contributed by atoms with van der Waals surface area (Å²) in [5, 5.41) is 0. The number of halogens is 1. The second kappa shape index (κ2) is 8.18. The van der Waals surface area contributed by atoms with Crippen LogP contribution in [0.3, 0.4) is 0 Å². The first-order valence-electron chi connectivity index (χ1n) is 7.26. The molecule has 3 aliphatic heterocycles. The van der Waals surface area contributed by atoms with Gasteiger partial charge in [0.1, 0.15) is 18.3 Å². The van der Waals surface area contributed by atoms with E-state index < -0.39 is 8.80 Å². The summed E-state index contributed by atoms with van der Waals surface area (Å²) in [6.45, 7) is 4.50. The van der Waals surface area contributed by atoms with E-state index in [0.29, 0.717) is 26.4 Å². The van der Waals surface area contributed by atoms with Crippen LogP contribution in [0.5, 0.6) is 0 Å². The first kappa shape index (κ1) is 17.6. The number of hydrogen-bond acceptors (Lipinski definition) is 7. The molecule has 0 spiro atoms. The Kier molecular flexibility index (Phi) is 6.85. The molecule has 0 bridgehead atoms. The van der Waals surface area contributed by atoms with E-state index in [2.05, 4.69) is 0 Å². The molecule has 0 aromatic rings. The van der Waals surface area contributed by atoms with Crippen molar-refractivity contribution in [2.75, 3.05) is 46.2 Å². The molecule has 3 aliphatic rings. The molecule has 9 heteroatoms. The fourth-order valence-corrected chi connectivity index (χ4v) is 4.45. The van der Waals surface area contributed by atoms with Crippen molar-refractivity contribution in [3.8, 4) is 0 Å². The van der Waals surface area contributed by atoms with Crippen molar-refractivity contribution in [2.45, 2.75) is 30.8 Å². The SMILES string of the molecule is Cl.NCCC[Si](OCC1CO1)(OCC1CO1)OCC1CO1. The summed E-state index contributed by atoms with van der Waals surface area (Å²) in [7, 11) is -2.70. The van der Waals surface area contributed by atoms with Crippen LogP contribution >= 0.6 is 12.4 Å². The predicted molar refractivity (Wildman–Crippen MR) is 78.6 cm³/mol. The van der Waals surface area contributed by atoms with Crippen molar-refractivity contribution in [1.82, 2.24) is 0 Å². The monoisotopic (exact) mass is 341 g/mol. The van der Waals surface area contributed by atoms with Crippen LogP contribution in [0.2, 0.25) is 6.04 Å². The zero-order chi connectivity index (χ0) is 13.8. The average Bonchev–Trinajstić information content (AvgIpc) is 3.27. The molecule has 3 rings (SSSR count). The van der Waals surface area contributed by atoms with Gasteiger partial charge in [0.15, 0.2) is 0 Å². The van der Waals surface area contributed by atoms with Gasteiger partial charge < -0.3 is 33.2 Å². The molecular formula is C12H24ClNO6Si. The quantitative estimate of drug-likeness (QED) is 0.393. The molecule has 3 fully saturated rings. The second-order valence-corrected chi connectivity index (χ2v) is 8.11. The highest BCUT2D eigenvalue weighted by atomic mass is 35.5. The Hall–Kier alpha value is 0.227. The second-order valence-electron chi connectivity index (χ2n) is 5.37. The Morgan fingerprint density at radius 3 is 1.52 bits per heavy atom. The van der Waals surface area contributed by atoms with Gasteiger partial charge in [0.2, 0.25) is 0 Å². The predicted octanol–water partition coefficient (Wildman–Crippen LogP) is -0.0579. The lowest BCUT2D eigenvalue weighted by atomic mass is 10.5. The van der Waals surface area contributed by atoms with E-state index in [-0.39, 0.29) is 30.7 Å². The maximum atomic E-state index is 6.01. The lowest BCUT2D eigenvalue weighted by Gasteiger charge is -2.29. The Bertz CT molecular complexity index is 273. The van der Waals surface area contributed by atoms with Gasteiger partial charge in [-0.1, -0.05) is 0 Å². The zero-order valence-corrected chi connectivity index (χ0v) is 13.8. The number of nitrogens with two attached hydrogens (primary N) is 1. The van der Waals surface area contributed by atoms with Gasteiger partial charge in [-0.15, -0.1) is 12.4 Å². The minimum Gasteiger partial charge on any atom is -0.371 e. The highest BCUT2D eigenvalue weighted by Gasteiger charge is 2.45. The first-order chi connectivity index (χ1) is 9.80. The fraction of sp³-hybridized carbons (Fsp3) is 1.00. The smallest absolute Gasteiger partial charge is 0.371 e. The summed E-state index contributed by atoms with van der Waals surface area (Å²) in [4.78, 5) is 0. The van der Waals surface area contributed by atoms with Crippen LogP contribution in [0, 0.1) is 0 Å². The average molecular weight is 342 g/mol. The molecule has 0 aromatic carbocycles. The molecule has 124 valence electrons. The summed E-state index contributed by atoms with van der Waals surface area (Å²) >= 11 is 0. The van der Waals surface area contributed by atoms with Crippen LogP contribution in [0.1, 0.15) is 6.42 Å². The summed E-state index contributed by atoms with van der Waals surface area (Å²) in [5.41, 5.74) is 5.62. The summed E-state index contributed by atoms with van der Waals surface area (Å²) in [6.07, 6.45) is 1.42. The number of hydrogen-bond donors (Lipinski definition) is 1. The van der Waals surface area contributed by atoms with E-state index in [4.69, 9.17) is 33.2 Å². The highest BCUT2D eigenvalue weighted by Crippen LogP contribution is 2.24. The van der Waals surface area contributed by atoms with Crippen molar-refractivity contribution in [3.63, 3.8) is 0 Å². The third-order valence-electron chi connectivity index (χ3n) is 3.36. The van der Waals surface area contributed by atoms with Crippen LogP contribution in [0.25, 0.3) is 0 Å². The van der Waals surface area contributed by atoms with Gasteiger partial charge in [-0.25, -0.2) is 0 Å². The molecule has 7 nitrogen and oxygen atoms in total. The molecule has 0 amide bonds. The molecule has 2 N–H and O–H groups in total. The van der Waals surface area contributed by atoms with Gasteiger partial charge in [0.25, 0.3) is 0 Å². The van der Waals surface area contributed by atoms with Crippen molar-refractivity contribution >= 4 is 21.2 Å². The standard InChI is InChI=1S/C12H23NO6Si.ClH/c13-2-1-3-20(17-7-10-4-14-10,18-8-11-5-15-11)19-9-12-6-16-12;/h10-12H,1-9,13H2;1H. The Balaban J connectivity index is 0.00000161. The lowest BCUT2D eigenvalue weighted by molar-refractivity contribution is 0.0447. The summed E-state index contributed by atoms with van der Waals surface area (Å²) in [6, 6.07) is 0.732. The van der Waals surface area contributed by atoms with Crippen LogP contribution < -0.4 is 5.73 Å². The third kappa shape index (κ3) is 6.47. The Morgan fingerprint density at radius 1 is 0.857 bits per heavy atom. The lowest BCUT2D eigenvalue weighted by Crippen LogP contribution is -2.48. The molecule has 0 saturated carbocycles. The van der Waals surface area contributed by atoms with Crippen molar-refractivity contribution in [1.29, 1.82) is 0 Å². The van der Waals surface area contributed by atoms with Crippen LogP contribution in [0.4, 0.5) is 0 Å².